The van der Waals surface area contributed by atoms with Crippen molar-refractivity contribution in [3.8, 4) is 11.5 Å². The van der Waals surface area contributed by atoms with Gasteiger partial charge in [0.05, 0.1) is 24.9 Å². The van der Waals surface area contributed by atoms with Crippen LogP contribution in [0.1, 0.15) is 5.56 Å². The lowest BCUT2D eigenvalue weighted by atomic mass is 10.2. The van der Waals surface area contributed by atoms with Crippen molar-refractivity contribution in [3.63, 3.8) is 0 Å². The van der Waals surface area contributed by atoms with E-state index in [-0.39, 0.29) is 0 Å². The summed E-state index contributed by atoms with van der Waals surface area (Å²) in [7, 11) is 3.16. The highest BCUT2D eigenvalue weighted by molar-refractivity contribution is 6.32. The fourth-order valence-electron chi connectivity index (χ4n) is 2.00. The third-order valence-electron chi connectivity index (χ3n) is 2.85. The van der Waals surface area contributed by atoms with Gasteiger partial charge in [-0.2, -0.15) is 0 Å². The minimum absolute atomic E-state index is 0.499. The van der Waals surface area contributed by atoms with E-state index in [4.69, 9.17) is 26.8 Å². The first-order valence-electron chi connectivity index (χ1n) is 6.09. The van der Waals surface area contributed by atoms with E-state index in [1.54, 1.807) is 26.4 Å². The first kappa shape index (κ1) is 14.3. The number of hydrogen-bond donors (Lipinski definition) is 2. The van der Waals surface area contributed by atoms with Crippen LogP contribution in [0, 0.1) is 6.92 Å². The number of halogens is 1. The molecule has 5 heteroatoms. The summed E-state index contributed by atoms with van der Waals surface area (Å²) in [6.07, 6.45) is 0. The Labute approximate surface area is 123 Å². The average molecular weight is 293 g/mol. The van der Waals surface area contributed by atoms with Gasteiger partial charge in [0.1, 0.15) is 11.5 Å². The number of rotatable bonds is 4. The Hall–Kier alpha value is -2.07. The van der Waals surface area contributed by atoms with Crippen LogP contribution < -0.4 is 20.5 Å². The Morgan fingerprint density at radius 2 is 1.70 bits per heavy atom. The van der Waals surface area contributed by atoms with Crippen molar-refractivity contribution in [2.75, 3.05) is 25.3 Å². The predicted molar refractivity (Wildman–Crippen MR) is 83.4 cm³/mol. The number of nitrogens with two attached hydrogens (primary N) is 1. The molecule has 0 aliphatic rings. The molecule has 4 nitrogen and oxygen atoms in total. The smallest absolute Gasteiger partial charge is 0.144 e. The molecule has 0 aromatic heterocycles. The molecule has 3 N–H and O–H groups in total. The predicted octanol–water partition coefficient (Wildman–Crippen LogP) is 3.99. The topological polar surface area (TPSA) is 56.5 Å². The van der Waals surface area contributed by atoms with Crippen LogP contribution in [0.25, 0.3) is 0 Å². The summed E-state index contributed by atoms with van der Waals surface area (Å²) in [6, 6.07) is 9.26. The first-order chi connectivity index (χ1) is 9.53. The molecule has 0 heterocycles. The van der Waals surface area contributed by atoms with Crippen LogP contribution in [0.15, 0.2) is 30.3 Å². The number of aryl methyl sites for hydroxylation is 1. The molecule has 2 aromatic carbocycles. The molecule has 2 aromatic rings. The lowest BCUT2D eigenvalue weighted by molar-refractivity contribution is 0.405. The molecule has 0 aliphatic heterocycles. The van der Waals surface area contributed by atoms with Crippen molar-refractivity contribution in [2.24, 2.45) is 0 Å². The van der Waals surface area contributed by atoms with Gasteiger partial charge in [0.25, 0.3) is 0 Å². The molecule has 0 unspecified atom stereocenters. The summed E-state index contributed by atoms with van der Waals surface area (Å²) in [5, 5.41) is 3.76. The highest BCUT2D eigenvalue weighted by Gasteiger charge is 2.10. The molecule has 0 amide bonds. The highest BCUT2D eigenvalue weighted by atomic mass is 35.5. The van der Waals surface area contributed by atoms with Crippen molar-refractivity contribution in [1.82, 2.24) is 0 Å². The molecule has 0 bridgehead atoms. The van der Waals surface area contributed by atoms with E-state index in [1.165, 1.54) is 0 Å². The van der Waals surface area contributed by atoms with Crippen molar-refractivity contribution >= 4 is 28.7 Å². The summed E-state index contributed by atoms with van der Waals surface area (Å²) in [5.41, 5.74) is 9.27. The van der Waals surface area contributed by atoms with E-state index in [0.29, 0.717) is 22.2 Å². The number of nitrogen functional groups attached to an aromatic ring is 1. The summed E-state index contributed by atoms with van der Waals surface area (Å²) in [4.78, 5) is 0. The fourth-order valence-corrected chi connectivity index (χ4v) is 2.23. The molecule has 0 atom stereocenters. The SMILES string of the molecule is COc1cc(Nc2cc(C)cc(N)c2)c(OC)cc1Cl. The Kier molecular flexibility index (Phi) is 4.25. The third kappa shape index (κ3) is 3.08. The van der Waals surface area contributed by atoms with Crippen LogP contribution in [0.2, 0.25) is 5.02 Å². The van der Waals surface area contributed by atoms with Crippen LogP contribution >= 0.6 is 11.6 Å². The summed E-state index contributed by atoms with van der Waals surface area (Å²) in [6.45, 7) is 1.99. The van der Waals surface area contributed by atoms with Gasteiger partial charge >= 0.3 is 0 Å². The second-order valence-electron chi connectivity index (χ2n) is 4.44. The van der Waals surface area contributed by atoms with E-state index >= 15 is 0 Å². The second-order valence-corrected chi connectivity index (χ2v) is 4.85. The second kappa shape index (κ2) is 5.92. The van der Waals surface area contributed by atoms with Gasteiger partial charge in [-0.05, 0) is 30.7 Å². The Balaban J connectivity index is 2.41. The Morgan fingerprint density at radius 1 is 1.00 bits per heavy atom. The Morgan fingerprint density at radius 3 is 2.30 bits per heavy atom. The number of methoxy groups -OCH3 is 2. The lowest BCUT2D eigenvalue weighted by Gasteiger charge is -2.14. The highest BCUT2D eigenvalue weighted by Crippen LogP contribution is 2.37. The monoisotopic (exact) mass is 292 g/mol. The lowest BCUT2D eigenvalue weighted by Crippen LogP contribution is -1.98. The molecule has 20 heavy (non-hydrogen) atoms. The van der Waals surface area contributed by atoms with Gasteiger partial charge in [-0.15, -0.1) is 0 Å². The molecule has 0 aliphatic carbocycles. The van der Waals surface area contributed by atoms with Crippen LogP contribution in [0.3, 0.4) is 0 Å². The molecular weight excluding hydrogens is 276 g/mol. The molecule has 2 rings (SSSR count). The molecule has 0 fully saturated rings. The molecule has 0 saturated heterocycles. The Bertz CT molecular complexity index is 609. The van der Waals surface area contributed by atoms with Crippen LogP contribution in [-0.2, 0) is 0 Å². The van der Waals surface area contributed by atoms with E-state index in [0.717, 1.165) is 16.9 Å². The van der Waals surface area contributed by atoms with Crippen LogP contribution in [0.4, 0.5) is 17.1 Å². The molecule has 0 spiro atoms. The normalized spacial score (nSPS) is 10.2. The van der Waals surface area contributed by atoms with Gasteiger partial charge in [-0.25, -0.2) is 0 Å². The maximum Gasteiger partial charge on any atom is 0.144 e. The minimum Gasteiger partial charge on any atom is -0.495 e. The molecular formula is C15H17ClN2O2. The van der Waals surface area contributed by atoms with Crippen molar-refractivity contribution < 1.29 is 9.47 Å². The maximum absolute atomic E-state index is 6.08. The summed E-state index contributed by atoms with van der Waals surface area (Å²) in [5.74, 6) is 1.21. The van der Waals surface area contributed by atoms with E-state index in [1.807, 2.05) is 25.1 Å². The van der Waals surface area contributed by atoms with E-state index < -0.39 is 0 Å². The number of hydrogen-bond acceptors (Lipinski definition) is 4. The standard InChI is InChI=1S/C15H17ClN2O2/c1-9-4-10(17)6-11(5-9)18-13-8-14(19-2)12(16)7-15(13)20-3/h4-8,18H,17H2,1-3H3. The van der Waals surface area contributed by atoms with Crippen LogP contribution in [-0.4, -0.2) is 14.2 Å². The maximum atomic E-state index is 6.08. The molecule has 0 saturated carbocycles. The van der Waals surface area contributed by atoms with Gasteiger partial charge in [0.15, 0.2) is 0 Å². The zero-order valence-electron chi connectivity index (χ0n) is 11.7. The van der Waals surface area contributed by atoms with E-state index in [9.17, 15) is 0 Å². The number of anilines is 3. The zero-order valence-corrected chi connectivity index (χ0v) is 12.4. The quantitative estimate of drug-likeness (QED) is 0.837. The fraction of sp³-hybridized carbons (Fsp3) is 0.200. The van der Waals surface area contributed by atoms with Gasteiger partial charge < -0.3 is 20.5 Å². The van der Waals surface area contributed by atoms with Gasteiger partial charge in [-0.3, -0.25) is 0 Å². The summed E-state index contributed by atoms with van der Waals surface area (Å²) < 4.78 is 10.5. The van der Waals surface area contributed by atoms with Crippen molar-refractivity contribution in [1.29, 1.82) is 0 Å². The van der Waals surface area contributed by atoms with Gasteiger partial charge in [-0.1, -0.05) is 11.6 Å². The number of nitrogens with one attached hydrogen (secondary N) is 1. The minimum atomic E-state index is 0.499. The van der Waals surface area contributed by atoms with Gasteiger partial charge in [0.2, 0.25) is 0 Å². The number of ether oxygens (including phenoxy) is 2. The average Bonchev–Trinajstić information content (AvgIpc) is 2.39. The third-order valence-corrected chi connectivity index (χ3v) is 3.15. The first-order valence-corrected chi connectivity index (χ1v) is 6.47. The van der Waals surface area contributed by atoms with Crippen molar-refractivity contribution in [3.05, 3.63) is 40.9 Å². The van der Waals surface area contributed by atoms with Crippen LogP contribution in [0.5, 0.6) is 11.5 Å². The van der Waals surface area contributed by atoms with Gasteiger partial charge in [0, 0.05) is 23.5 Å². The van der Waals surface area contributed by atoms with Crippen molar-refractivity contribution in [2.45, 2.75) is 6.92 Å². The number of benzene rings is 2. The molecule has 106 valence electrons. The summed E-state index contributed by atoms with van der Waals surface area (Å²) >= 11 is 6.08. The van der Waals surface area contributed by atoms with E-state index in [2.05, 4.69) is 5.32 Å². The largest absolute Gasteiger partial charge is 0.495 e. The zero-order chi connectivity index (χ0) is 14.7. The molecule has 0 radical (unpaired) electrons.